The largest absolute Gasteiger partial charge is 0.497 e. The summed E-state index contributed by atoms with van der Waals surface area (Å²) < 4.78 is 5.24. The molecule has 1 fully saturated rings. The third-order valence-corrected chi connectivity index (χ3v) is 4.72. The van der Waals surface area contributed by atoms with E-state index in [0.717, 1.165) is 24.5 Å². The molecular formula is C20H25N3OS. The number of likely N-dealkylation sites (tertiary alicyclic amines) is 1. The molecule has 1 aliphatic rings. The second kappa shape index (κ2) is 8.83. The molecule has 0 amide bonds. The Labute approximate surface area is 155 Å². The van der Waals surface area contributed by atoms with E-state index in [1.807, 2.05) is 24.3 Å². The number of anilines is 1. The molecule has 0 bridgehead atoms. The lowest BCUT2D eigenvalue weighted by Crippen LogP contribution is -2.28. The summed E-state index contributed by atoms with van der Waals surface area (Å²) in [7, 11) is 1.66. The van der Waals surface area contributed by atoms with Crippen LogP contribution in [0, 0.1) is 0 Å². The fraction of sp³-hybridized carbons (Fsp3) is 0.350. The number of ether oxygens (including phenoxy) is 1. The van der Waals surface area contributed by atoms with Crippen LogP contribution in [0.4, 0.5) is 5.69 Å². The van der Waals surface area contributed by atoms with E-state index in [4.69, 9.17) is 17.0 Å². The number of rotatable bonds is 6. The number of thiocarbonyl (C=S) groups is 1. The molecule has 1 saturated heterocycles. The zero-order chi connectivity index (χ0) is 17.5. The van der Waals surface area contributed by atoms with E-state index in [1.54, 1.807) is 7.11 Å². The van der Waals surface area contributed by atoms with Crippen LogP contribution in [-0.4, -0.2) is 30.2 Å². The average molecular weight is 356 g/mol. The normalized spacial score (nSPS) is 14.3. The fourth-order valence-electron chi connectivity index (χ4n) is 3.12. The summed E-state index contributed by atoms with van der Waals surface area (Å²) >= 11 is 5.43. The van der Waals surface area contributed by atoms with Crippen molar-refractivity contribution in [1.29, 1.82) is 0 Å². The minimum atomic E-state index is 0.615. The Hall–Kier alpha value is -2.11. The van der Waals surface area contributed by atoms with E-state index in [2.05, 4.69) is 39.8 Å². The van der Waals surface area contributed by atoms with Crippen molar-refractivity contribution in [2.75, 3.05) is 25.5 Å². The lowest BCUT2D eigenvalue weighted by atomic mass is 10.1. The second-order valence-corrected chi connectivity index (χ2v) is 6.70. The van der Waals surface area contributed by atoms with E-state index in [9.17, 15) is 0 Å². The monoisotopic (exact) mass is 355 g/mol. The van der Waals surface area contributed by atoms with Gasteiger partial charge in [-0.2, -0.15) is 0 Å². The first-order chi connectivity index (χ1) is 12.2. The molecule has 5 heteroatoms. The van der Waals surface area contributed by atoms with Crippen molar-refractivity contribution in [2.24, 2.45) is 0 Å². The molecule has 2 N–H and O–H groups in total. The van der Waals surface area contributed by atoms with Crippen molar-refractivity contribution in [3.05, 3.63) is 59.7 Å². The van der Waals surface area contributed by atoms with Crippen molar-refractivity contribution in [2.45, 2.75) is 25.9 Å². The Balaban J connectivity index is 1.56. The Morgan fingerprint density at radius 1 is 1.08 bits per heavy atom. The molecule has 0 aliphatic carbocycles. The number of nitrogens with one attached hydrogen (secondary N) is 2. The van der Waals surface area contributed by atoms with Gasteiger partial charge in [0.25, 0.3) is 0 Å². The van der Waals surface area contributed by atoms with Gasteiger partial charge in [0, 0.05) is 24.8 Å². The first-order valence-electron chi connectivity index (χ1n) is 8.72. The van der Waals surface area contributed by atoms with Crippen LogP contribution < -0.4 is 15.4 Å². The first-order valence-corrected chi connectivity index (χ1v) is 9.13. The molecule has 2 aromatic rings. The van der Waals surface area contributed by atoms with Gasteiger partial charge in [0.1, 0.15) is 5.75 Å². The lowest BCUT2D eigenvalue weighted by Gasteiger charge is -2.18. The summed E-state index contributed by atoms with van der Waals surface area (Å²) in [5.41, 5.74) is 3.59. The van der Waals surface area contributed by atoms with Gasteiger partial charge in [0.15, 0.2) is 5.11 Å². The fourth-order valence-corrected chi connectivity index (χ4v) is 3.31. The number of methoxy groups -OCH3 is 1. The topological polar surface area (TPSA) is 36.5 Å². The zero-order valence-electron chi connectivity index (χ0n) is 14.6. The van der Waals surface area contributed by atoms with Crippen LogP contribution in [0.25, 0.3) is 0 Å². The Morgan fingerprint density at radius 3 is 2.60 bits per heavy atom. The maximum absolute atomic E-state index is 5.43. The molecule has 4 nitrogen and oxygen atoms in total. The van der Waals surface area contributed by atoms with E-state index in [0.29, 0.717) is 5.11 Å². The second-order valence-electron chi connectivity index (χ2n) is 6.29. The third-order valence-electron chi connectivity index (χ3n) is 4.48. The lowest BCUT2D eigenvalue weighted by molar-refractivity contribution is 0.330. The standard InChI is InChI=1S/C20H25N3OS/c1-24-19-10-6-9-18(13-19)22-20(25)21-14-16-7-2-3-8-17(16)15-23-11-4-5-12-23/h2-3,6-10,13H,4-5,11-12,14-15H2,1H3,(H2,21,22,25). The van der Waals surface area contributed by atoms with Crippen LogP contribution in [0.3, 0.4) is 0 Å². The summed E-state index contributed by atoms with van der Waals surface area (Å²) in [6.07, 6.45) is 2.63. The third kappa shape index (κ3) is 5.18. The molecule has 25 heavy (non-hydrogen) atoms. The molecule has 0 saturated carbocycles. The van der Waals surface area contributed by atoms with E-state index in [1.165, 1.54) is 37.1 Å². The summed E-state index contributed by atoms with van der Waals surface area (Å²) in [6, 6.07) is 16.3. The molecule has 0 atom stereocenters. The summed E-state index contributed by atoms with van der Waals surface area (Å²) in [5, 5.41) is 7.14. The van der Waals surface area contributed by atoms with Crippen molar-refractivity contribution >= 4 is 23.0 Å². The molecule has 0 spiro atoms. The van der Waals surface area contributed by atoms with Crippen LogP contribution in [0.2, 0.25) is 0 Å². The predicted molar refractivity (Wildman–Crippen MR) is 107 cm³/mol. The van der Waals surface area contributed by atoms with E-state index >= 15 is 0 Å². The molecule has 0 radical (unpaired) electrons. The summed E-state index contributed by atoms with van der Waals surface area (Å²) in [5.74, 6) is 0.809. The minimum Gasteiger partial charge on any atom is -0.497 e. The highest BCUT2D eigenvalue weighted by atomic mass is 32.1. The smallest absolute Gasteiger partial charge is 0.171 e. The summed E-state index contributed by atoms with van der Waals surface area (Å²) in [6.45, 7) is 4.16. The van der Waals surface area contributed by atoms with Crippen molar-refractivity contribution in [3.63, 3.8) is 0 Å². The highest BCUT2D eigenvalue weighted by Gasteiger charge is 2.13. The SMILES string of the molecule is COc1cccc(NC(=S)NCc2ccccc2CN2CCCC2)c1. The Bertz CT molecular complexity index is 714. The quantitative estimate of drug-likeness (QED) is 0.771. The Morgan fingerprint density at radius 2 is 1.84 bits per heavy atom. The summed E-state index contributed by atoms with van der Waals surface area (Å²) in [4.78, 5) is 2.52. The van der Waals surface area contributed by atoms with E-state index < -0.39 is 0 Å². The van der Waals surface area contributed by atoms with Gasteiger partial charge in [0.05, 0.1) is 7.11 Å². The molecule has 132 valence electrons. The average Bonchev–Trinajstić information content (AvgIpc) is 3.14. The number of nitrogens with zero attached hydrogens (tertiary/aromatic N) is 1. The molecule has 0 aromatic heterocycles. The maximum Gasteiger partial charge on any atom is 0.171 e. The molecule has 1 heterocycles. The molecule has 3 rings (SSSR count). The van der Waals surface area contributed by atoms with Crippen LogP contribution in [0.15, 0.2) is 48.5 Å². The van der Waals surface area contributed by atoms with Crippen LogP contribution in [0.1, 0.15) is 24.0 Å². The van der Waals surface area contributed by atoms with Gasteiger partial charge in [-0.3, -0.25) is 4.90 Å². The van der Waals surface area contributed by atoms with Crippen molar-refractivity contribution in [3.8, 4) is 5.75 Å². The molecule has 1 aliphatic heterocycles. The highest BCUT2D eigenvalue weighted by Crippen LogP contribution is 2.18. The molecular weight excluding hydrogens is 330 g/mol. The van der Waals surface area contributed by atoms with Gasteiger partial charge in [-0.25, -0.2) is 0 Å². The first kappa shape index (κ1) is 17.7. The highest BCUT2D eigenvalue weighted by molar-refractivity contribution is 7.80. The van der Waals surface area contributed by atoms with Gasteiger partial charge in [-0.15, -0.1) is 0 Å². The van der Waals surface area contributed by atoms with Crippen LogP contribution in [0.5, 0.6) is 5.75 Å². The zero-order valence-corrected chi connectivity index (χ0v) is 15.4. The molecule has 0 unspecified atom stereocenters. The van der Waals surface area contributed by atoms with Crippen molar-refractivity contribution < 1.29 is 4.74 Å². The molecule has 2 aromatic carbocycles. The number of hydrogen-bond acceptors (Lipinski definition) is 3. The minimum absolute atomic E-state index is 0.615. The van der Waals surface area contributed by atoms with Gasteiger partial charge in [0.2, 0.25) is 0 Å². The van der Waals surface area contributed by atoms with Crippen LogP contribution in [-0.2, 0) is 13.1 Å². The number of benzene rings is 2. The van der Waals surface area contributed by atoms with Crippen LogP contribution >= 0.6 is 12.2 Å². The van der Waals surface area contributed by atoms with Gasteiger partial charge >= 0.3 is 0 Å². The van der Waals surface area contributed by atoms with Gasteiger partial charge in [-0.05, 0) is 61.4 Å². The van der Waals surface area contributed by atoms with Gasteiger partial charge < -0.3 is 15.4 Å². The Kier molecular flexibility index (Phi) is 6.25. The van der Waals surface area contributed by atoms with E-state index in [-0.39, 0.29) is 0 Å². The van der Waals surface area contributed by atoms with Gasteiger partial charge in [-0.1, -0.05) is 30.3 Å². The predicted octanol–water partition coefficient (Wildman–Crippen LogP) is 3.78. The number of hydrogen-bond donors (Lipinski definition) is 2. The van der Waals surface area contributed by atoms with Crippen molar-refractivity contribution in [1.82, 2.24) is 10.2 Å². The maximum atomic E-state index is 5.43.